The molecule has 8 nitrogen and oxygen atoms in total. The number of hydrogen-bond donors (Lipinski definition) is 1. The Morgan fingerprint density at radius 1 is 1.17 bits per heavy atom. The number of aromatic nitrogens is 2. The molecule has 0 fully saturated rings. The molecule has 0 spiro atoms. The summed E-state index contributed by atoms with van der Waals surface area (Å²) in [7, 11) is 0. The van der Waals surface area contributed by atoms with Crippen molar-refractivity contribution >= 4 is 39.8 Å². The molecule has 1 heterocycles. The van der Waals surface area contributed by atoms with Gasteiger partial charge in [-0.1, -0.05) is 35.2 Å². The van der Waals surface area contributed by atoms with Crippen molar-refractivity contribution in [3.63, 3.8) is 0 Å². The minimum Gasteiger partial charge on any atom is -0.491 e. The predicted molar refractivity (Wildman–Crippen MR) is 113 cm³/mol. The van der Waals surface area contributed by atoms with E-state index in [1.807, 2.05) is 13.8 Å². The fourth-order valence-corrected chi connectivity index (χ4v) is 4.01. The minimum atomic E-state index is -0.429. The maximum Gasteiger partial charge on any atom is 0.269 e. The van der Waals surface area contributed by atoms with E-state index in [1.165, 1.54) is 35.2 Å². The van der Waals surface area contributed by atoms with Crippen molar-refractivity contribution in [1.29, 1.82) is 0 Å². The monoisotopic (exact) mass is 430 g/mol. The Balaban J connectivity index is 1.54. The van der Waals surface area contributed by atoms with Gasteiger partial charge < -0.3 is 4.74 Å². The van der Waals surface area contributed by atoms with Gasteiger partial charge in [-0.3, -0.25) is 20.2 Å². The molecule has 0 bridgehead atoms. The second kappa shape index (κ2) is 9.48. The Kier molecular flexibility index (Phi) is 6.78. The number of thioether (sulfide) groups is 1. The average molecular weight is 431 g/mol. The van der Waals surface area contributed by atoms with Crippen LogP contribution in [0.3, 0.4) is 0 Å². The van der Waals surface area contributed by atoms with Gasteiger partial charge in [0.15, 0.2) is 4.34 Å². The molecule has 0 saturated carbocycles. The highest BCUT2D eigenvalue weighted by molar-refractivity contribution is 8.00. The van der Waals surface area contributed by atoms with Crippen molar-refractivity contribution in [3.8, 4) is 5.75 Å². The van der Waals surface area contributed by atoms with Crippen LogP contribution >= 0.6 is 23.1 Å². The summed E-state index contributed by atoms with van der Waals surface area (Å²) in [5.41, 5.74) is 1.49. The van der Waals surface area contributed by atoms with Crippen molar-refractivity contribution < 1.29 is 14.5 Å². The molecule has 1 aromatic heterocycles. The van der Waals surface area contributed by atoms with Crippen LogP contribution in [0.25, 0.3) is 0 Å². The van der Waals surface area contributed by atoms with E-state index >= 15 is 0 Å². The Labute approximate surface area is 175 Å². The normalized spacial score (nSPS) is 10.7. The second-order valence-corrected chi connectivity index (χ2v) is 8.43. The summed E-state index contributed by atoms with van der Waals surface area (Å²) < 4.78 is 6.26. The van der Waals surface area contributed by atoms with E-state index in [1.54, 1.807) is 36.4 Å². The van der Waals surface area contributed by atoms with Crippen LogP contribution in [0.2, 0.25) is 0 Å². The van der Waals surface area contributed by atoms with Crippen molar-refractivity contribution in [3.05, 3.63) is 69.8 Å². The van der Waals surface area contributed by atoms with Gasteiger partial charge in [-0.25, -0.2) is 0 Å². The van der Waals surface area contributed by atoms with Crippen LogP contribution in [-0.4, -0.2) is 27.1 Å². The van der Waals surface area contributed by atoms with Gasteiger partial charge >= 0.3 is 0 Å². The van der Waals surface area contributed by atoms with Crippen LogP contribution in [0.15, 0.2) is 52.9 Å². The number of nitro groups is 1. The zero-order valence-corrected chi connectivity index (χ0v) is 17.3. The maximum absolute atomic E-state index is 12.3. The fraction of sp³-hybridized carbons (Fsp3) is 0.211. The molecule has 2 aromatic carbocycles. The first-order chi connectivity index (χ1) is 13.9. The van der Waals surface area contributed by atoms with Crippen LogP contribution in [0.5, 0.6) is 5.75 Å². The standard InChI is InChI=1S/C19H18N4O4S2/c1-12(2)27-16-9-5-14(6-10-16)17(24)20-18-21-22-19(29-18)28-11-13-3-7-15(8-4-13)23(25)26/h3-10,12H,11H2,1-2H3,(H,20,21,24). The third-order valence-corrected chi connectivity index (χ3v) is 5.67. The highest BCUT2D eigenvalue weighted by Gasteiger charge is 2.12. The van der Waals surface area contributed by atoms with E-state index in [0.29, 0.717) is 26.5 Å². The topological polar surface area (TPSA) is 107 Å². The van der Waals surface area contributed by atoms with E-state index in [0.717, 1.165) is 5.56 Å². The van der Waals surface area contributed by atoms with E-state index < -0.39 is 4.92 Å². The Morgan fingerprint density at radius 2 is 1.86 bits per heavy atom. The number of nitrogens with zero attached hydrogens (tertiary/aromatic N) is 3. The predicted octanol–water partition coefficient (Wildman–Crippen LogP) is 4.78. The Bertz CT molecular complexity index is 988. The lowest BCUT2D eigenvalue weighted by Crippen LogP contribution is -2.12. The smallest absolute Gasteiger partial charge is 0.269 e. The fourth-order valence-electron chi connectivity index (χ4n) is 2.30. The van der Waals surface area contributed by atoms with Crippen molar-refractivity contribution in [2.45, 2.75) is 30.0 Å². The van der Waals surface area contributed by atoms with Crippen LogP contribution in [-0.2, 0) is 5.75 Å². The molecule has 0 atom stereocenters. The van der Waals surface area contributed by atoms with Gasteiger partial charge in [0.25, 0.3) is 11.6 Å². The number of rotatable bonds is 8. The van der Waals surface area contributed by atoms with Crippen LogP contribution in [0.4, 0.5) is 10.8 Å². The number of nitrogens with one attached hydrogen (secondary N) is 1. The van der Waals surface area contributed by atoms with Crippen molar-refractivity contribution in [1.82, 2.24) is 10.2 Å². The van der Waals surface area contributed by atoms with Crippen molar-refractivity contribution in [2.24, 2.45) is 0 Å². The van der Waals surface area contributed by atoms with Crippen molar-refractivity contribution in [2.75, 3.05) is 5.32 Å². The third kappa shape index (κ3) is 6.00. The molecule has 0 radical (unpaired) electrons. The number of amides is 1. The lowest BCUT2D eigenvalue weighted by molar-refractivity contribution is -0.384. The highest BCUT2D eigenvalue weighted by Crippen LogP contribution is 2.29. The third-order valence-electron chi connectivity index (χ3n) is 3.62. The van der Waals surface area contributed by atoms with E-state index in [9.17, 15) is 14.9 Å². The van der Waals surface area contributed by atoms with Gasteiger partial charge in [0, 0.05) is 23.4 Å². The summed E-state index contributed by atoms with van der Waals surface area (Å²) in [6.07, 6.45) is 0.0676. The molecule has 0 unspecified atom stereocenters. The molecule has 0 saturated heterocycles. The summed E-state index contributed by atoms with van der Waals surface area (Å²) in [6.45, 7) is 3.88. The van der Waals surface area contributed by atoms with E-state index in [4.69, 9.17) is 4.74 Å². The first kappa shape index (κ1) is 20.7. The van der Waals surface area contributed by atoms with Gasteiger partial charge in [0.2, 0.25) is 5.13 Å². The molecule has 0 aliphatic rings. The molecule has 3 aromatic rings. The van der Waals surface area contributed by atoms with Crippen LogP contribution < -0.4 is 10.1 Å². The number of non-ortho nitro benzene ring substituents is 1. The number of hydrogen-bond acceptors (Lipinski definition) is 8. The molecular weight excluding hydrogens is 412 g/mol. The largest absolute Gasteiger partial charge is 0.491 e. The highest BCUT2D eigenvalue weighted by atomic mass is 32.2. The minimum absolute atomic E-state index is 0.0588. The molecule has 0 aliphatic carbocycles. The number of carbonyl (C=O) groups is 1. The SMILES string of the molecule is CC(C)Oc1ccc(C(=O)Nc2nnc(SCc3ccc([N+](=O)[O-])cc3)s2)cc1. The van der Waals surface area contributed by atoms with Crippen LogP contribution in [0, 0.1) is 10.1 Å². The number of carbonyl (C=O) groups excluding carboxylic acids is 1. The van der Waals surface area contributed by atoms with E-state index in [2.05, 4.69) is 15.5 Å². The summed E-state index contributed by atoms with van der Waals surface area (Å²) in [5, 5.41) is 21.9. The number of benzene rings is 2. The number of anilines is 1. The number of nitro benzene ring substituents is 1. The van der Waals surface area contributed by atoms with E-state index in [-0.39, 0.29) is 17.7 Å². The first-order valence-electron chi connectivity index (χ1n) is 8.68. The van der Waals surface area contributed by atoms with Gasteiger partial charge in [0.1, 0.15) is 5.75 Å². The van der Waals surface area contributed by atoms with Gasteiger partial charge in [-0.2, -0.15) is 0 Å². The molecule has 3 rings (SSSR count). The van der Waals surface area contributed by atoms with Gasteiger partial charge in [0.05, 0.1) is 11.0 Å². The molecule has 1 amide bonds. The van der Waals surface area contributed by atoms with Gasteiger partial charge in [-0.15, -0.1) is 10.2 Å². The molecule has 1 N–H and O–H groups in total. The molecular formula is C19H18N4O4S2. The zero-order valence-electron chi connectivity index (χ0n) is 15.7. The first-order valence-corrected chi connectivity index (χ1v) is 10.5. The summed E-state index contributed by atoms with van der Waals surface area (Å²) in [4.78, 5) is 22.6. The lowest BCUT2D eigenvalue weighted by Gasteiger charge is -2.09. The number of ether oxygens (including phenoxy) is 1. The molecule has 150 valence electrons. The lowest BCUT2D eigenvalue weighted by atomic mass is 10.2. The Hall–Kier alpha value is -2.98. The average Bonchev–Trinajstić information content (AvgIpc) is 3.14. The maximum atomic E-state index is 12.3. The summed E-state index contributed by atoms with van der Waals surface area (Å²) in [5.74, 6) is 1.03. The summed E-state index contributed by atoms with van der Waals surface area (Å²) >= 11 is 2.72. The Morgan fingerprint density at radius 3 is 2.48 bits per heavy atom. The zero-order chi connectivity index (χ0) is 20.8. The van der Waals surface area contributed by atoms with Crippen LogP contribution in [0.1, 0.15) is 29.8 Å². The van der Waals surface area contributed by atoms with Gasteiger partial charge in [-0.05, 0) is 43.7 Å². The molecule has 0 aliphatic heterocycles. The molecule has 10 heteroatoms. The molecule has 29 heavy (non-hydrogen) atoms. The summed E-state index contributed by atoms with van der Waals surface area (Å²) in [6, 6.07) is 13.2. The quantitative estimate of drug-likeness (QED) is 0.237. The second-order valence-electron chi connectivity index (χ2n) is 6.23.